The van der Waals surface area contributed by atoms with Gasteiger partial charge in [-0.05, 0) is 29.5 Å². The molecule has 3 aromatic rings. The van der Waals surface area contributed by atoms with Gasteiger partial charge in [-0.3, -0.25) is 14.4 Å². The molecule has 250 valence electrons. The predicted octanol–water partition coefficient (Wildman–Crippen LogP) is 4.77. The smallest absolute Gasteiger partial charge is 0.249 e. The average Bonchev–Trinajstić information content (AvgIpc) is 3.70. The second-order valence-electron chi connectivity index (χ2n) is 12.9. The lowest BCUT2D eigenvalue weighted by Gasteiger charge is -2.39. The first-order valence-electron chi connectivity index (χ1n) is 16.5. The van der Waals surface area contributed by atoms with Gasteiger partial charge in [0, 0.05) is 31.0 Å². The molecule has 0 aromatic heterocycles. The van der Waals surface area contributed by atoms with Crippen molar-refractivity contribution in [1.29, 1.82) is 0 Å². The van der Waals surface area contributed by atoms with Crippen LogP contribution in [0.1, 0.15) is 23.1 Å². The van der Waals surface area contributed by atoms with E-state index in [1.54, 1.807) is 26.9 Å². The molecule has 7 atom stereocenters. The molecule has 3 amide bonds. The van der Waals surface area contributed by atoms with E-state index < -0.39 is 35.6 Å². The van der Waals surface area contributed by atoms with Crippen LogP contribution >= 0.6 is 15.9 Å². The van der Waals surface area contributed by atoms with Crippen molar-refractivity contribution in [3.8, 4) is 0 Å². The summed E-state index contributed by atoms with van der Waals surface area (Å²) in [6.45, 7) is 8.64. The number of fused-ring (bicyclic) bond motifs is 1. The highest BCUT2D eigenvalue weighted by Crippen LogP contribution is 2.61. The van der Waals surface area contributed by atoms with E-state index in [9.17, 15) is 19.5 Å². The van der Waals surface area contributed by atoms with Crippen molar-refractivity contribution >= 4 is 33.7 Å². The first kappa shape index (κ1) is 33.8. The molecular formula is C39H42BrN3O5. The Hall–Kier alpha value is -4.05. The third-order valence-electron chi connectivity index (χ3n) is 9.92. The topological polar surface area (TPSA) is 90.4 Å². The highest BCUT2D eigenvalue weighted by Gasteiger charge is 2.77. The SMILES string of the molecule is C=CCN(Cc1ccccc1)C(=O)C1N([C@@H](CO)Cc2ccccc2)C(=O)[C@@H]2[C@@H](C(=O)N(CC=C)Cc3ccccc3)[C@@H]3OC12CC3Br. The maximum atomic E-state index is 15.0. The largest absolute Gasteiger partial charge is 0.394 e. The molecule has 0 saturated carbocycles. The Kier molecular flexibility index (Phi) is 10.3. The van der Waals surface area contributed by atoms with Gasteiger partial charge in [-0.15, -0.1) is 13.2 Å². The van der Waals surface area contributed by atoms with Crippen LogP contribution in [0.25, 0.3) is 0 Å². The van der Waals surface area contributed by atoms with E-state index in [1.807, 2.05) is 91.0 Å². The molecule has 2 bridgehead atoms. The number of halogens is 1. The third kappa shape index (κ3) is 6.27. The Labute approximate surface area is 290 Å². The Morgan fingerprint density at radius 2 is 1.38 bits per heavy atom. The number of hydrogen-bond donors (Lipinski definition) is 1. The Balaban J connectivity index is 1.42. The lowest BCUT2D eigenvalue weighted by atomic mass is 9.70. The number of rotatable bonds is 14. The molecule has 0 radical (unpaired) electrons. The first-order valence-corrected chi connectivity index (χ1v) is 17.4. The van der Waals surface area contributed by atoms with Crippen LogP contribution in [0.3, 0.4) is 0 Å². The highest BCUT2D eigenvalue weighted by atomic mass is 79.9. The van der Waals surface area contributed by atoms with E-state index in [0.29, 0.717) is 32.5 Å². The fourth-order valence-corrected chi connectivity index (χ4v) is 8.87. The minimum Gasteiger partial charge on any atom is -0.394 e. The van der Waals surface area contributed by atoms with E-state index in [1.165, 1.54) is 0 Å². The predicted molar refractivity (Wildman–Crippen MR) is 188 cm³/mol. The van der Waals surface area contributed by atoms with Crippen molar-refractivity contribution in [3.05, 3.63) is 133 Å². The van der Waals surface area contributed by atoms with Crippen LogP contribution in [0.4, 0.5) is 0 Å². The minimum absolute atomic E-state index is 0.211. The van der Waals surface area contributed by atoms with Gasteiger partial charge in [0.1, 0.15) is 11.6 Å². The van der Waals surface area contributed by atoms with Crippen LogP contribution in [0.15, 0.2) is 116 Å². The van der Waals surface area contributed by atoms with E-state index in [0.717, 1.165) is 16.7 Å². The molecule has 1 spiro atoms. The van der Waals surface area contributed by atoms with Gasteiger partial charge in [0.2, 0.25) is 17.7 Å². The molecule has 3 fully saturated rings. The standard InChI is InChI=1S/C39H42BrN3O5/c1-3-20-41(24-28-16-10-6-11-17-28)36(45)32-33-37(46)43(30(26-44)22-27-14-8-5-9-15-27)35(39(33)23-31(40)34(32)48-39)38(47)42(21-4-2)25-29-18-12-7-13-19-29/h3-19,30-35,44H,1-2,20-26H2/t30-,31?,32-,33+,34-,35?,39?/m1/s1. The van der Waals surface area contributed by atoms with Gasteiger partial charge >= 0.3 is 0 Å². The molecule has 0 aliphatic carbocycles. The Bertz CT molecular complexity index is 1620. The van der Waals surface area contributed by atoms with Crippen molar-refractivity contribution in [1.82, 2.24) is 14.7 Å². The number of aliphatic hydroxyl groups is 1. The van der Waals surface area contributed by atoms with Crippen molar-refractivity contribution in [3.63, 3.8) is 0 Å². The molecular weight excluding hydrogens is 670 g/mol. The van der Waals surface area contributed by atoms with Gasteiger partial charge in [0.25, 0.3) is 0 Å². The average molecular weight is 713 g/mol. The van der Waals surface area contributed by atoms with Crippen LogP contribution in [0.2, 0.25) is 0 Å². The van der Waals surface area contributed by atoms with Crippen molar-refractivity contribution in [2.45, 2.75) is 54.5 Å². The number of likely N-dealkylation sites (tertiary alicyclic amines) is 1. The summed E-state index contributed by atoms with van der Waals surface area (Å²) in [4.78, 5) is 49.2. The van der Waals surface area contributed by atoms with E-state index in [-0.39, 0.29) is 35.7 Å². The summed E-state index contributed by atoms with van der Waals surface area (Å²) in [5.74, 6) is -2.55. The molecule has 6 rings (SSSR count). The molecule has 9 heteroatoms. The lowest BCUT2D eigenvalue weighted by Crippen LogP contribution is -2.59. The number of hydrogen-bond acceptors (Lipinski definition) is 5. The quantitative estimate of drug-likeness (QED) is 0.192. The van der Waals surface area contributed by atoms with E-state index >= 15 is 0 Å². The Morgan fingerprint density at radius 3 is 1.88 bits per heavy atom. The number of nitrogens with zero attached hydrogens (tertiary/aromatic N) is 3. The number of ether oxygens (including phenoxy) is 1. The molecule has 3 aromatic carbocycles. The van der Waals surface area contributed by atoms with Crippen LogP contribution in [-0.4, -0.2) is 85.8 Å². The van der Waals surface area contributed by atoms with Gasteiger partial charge in [-0.25, -0.2) is 0 Å². The summed E-state index contributed by atoms with van der Waals surface area (Å²) in [5, 5.41) is 10.9. The zero-order valence-corrected chi connectivity index (χ0v) is 28.5. The zero-order chi connectivity index (χ0) is 33.8. The van der Waals surface area contributed by atoms with Crippen LogP contribution in [0, 0.1) is 11.8 Å². The lowest BCUT2D eigenvalue weighted by molar-refractivity contribution is -0.152. The van der Waals surface area contributed by atoms with Gasteiger partial charge in [-0.2, -0.15) is 0 Å². The third-order valence-corrected chi connectivity index (χ3v) is 10.8. The molecule has 3 unspecified atom stereocenters. The number of carbonyl (C=O) groups is 3. The fourth-order valence-electron chi connectivity index (χ4n) is 7.93. The van der Waals surface area contributed by atoms with Crippen molar-refractivity contribution < 1.29 is 24.2 Å². The van der Waals surface area contributed by atoms with Crippen LogP contribution in [0.5, 0.6) is 0 Å². The second-order valence-corrected chi connectivity index (χ2v) is 14.1. The monoisotopic (exact) mass is 711 g/mol. The fraction of sp³-hybridized carbons (Fsp3) is 0.359. The summed E-state index contributed by atoms with van der Waals surface area (Å²) in [6, 6.07) is 27.2. The van der Waals surface area contributed by atoms with Crippen molar-refractivity contribution in [2.24, 2.45) is 11.8 Å². The number of alkyl halides is 1. The summed E-state index contributed by atoms with van der Waals surface area (Å²) < 4.78 is 6.83. The van der Waals surface area contributed by atoms with Crippen molar-refractivity contribution in [2.75, 3.05) is 19.7 Å². The molecule has 48 heavy (non-hydrogen) atoms. The second kappa shape index (κ2) is 14.6. The molecule has 3 saturated heterocycles. The number of amides is 3. The van der Waals surface area contributed by atoms with Crippen LogP contribution < -0.4 is 0 Å². The van der Waals surface area contributed by atoms with Gasteiger partial charge in [0.15, 0.2) is 0 Å². The summed E-state index contributed by atoms with van der Waals surface area (Å²) >= 11 is 3.80. The summed E-state index contributed by atoms with van der Waals surface area (Å²) in [6.07, 6.45) is 3.47. The summed E-state index contributed by atoms with van der Waals surface area (Å²) in [7, 11) is 0. The summed E-state index contributed by atoms with van der Waals surface area (Å²) in [5.41, 5.74) is 1.55. The van der Waals surface area contributed by atoms with E-state index in [4.69, 9.17) is 4.74 Å². The van der Waals surface area contributed by atoms with Gasteiger partial charge in [0.05, 0.1) is 30.6 Å². The van der Waals surface area contributed by atoms with Gasteiger partial charge in [-0.1, -0.05) is 119 Å². The molecule has 3 aliphatic rings. The van der Waals surface area contributed by atoms with Gasteiger partial charge < -0.3 is 24.5 Å². The molecule has 8 nitrogen and oxygen atoms in total. The number of aliphatic hydroxyl groups excluding tert-OH is 1. The van der Waals surface area contributed by atoms with E-state index in [2.05, 4.69) is 29.1 Å². The maximum absolute atomic E-state index is 15.0. The number of carbonyl (C=O) groups excluding carboxylic acids is 3. The normalized spacial score (nSPS) is 26.2. The maximum Gasteiger partial charge on any atom is 0.249 e. The Morgan fingerprint density at radius 1 is 0.875 bits per heavy atom. The minimum atomic E-state index is -1.26. The molecule has 3 aliphatic heterocycles. The molecule has 3 heterocycles. The first-order chi connectivity index (χ1) is 23.3. The number of benzene rings is 3. The highest BCUT2D eigenvalue weighted by molar-refractivity contribution is 9.09. The zero-order valence-electron chi connectivity index (χ0n) is 26.9. The van der Waals surface area contributed by atoms with Crippen LogP contribution in [-0.2, 0) is 38.6 Å². The molecule has 1 N–H and O–H groups in total.